The van der Waals surface area contributed by atoms with Crippen LogP contribution in [0.1, 0.15) is 31.9 Å². The molecular formula is C19H28N2O5S. The van der Waals surface area contributed by atoms with E-state index < -0.39 is 34.0 Å². The molecule has 1 aromatic carbocycles. The summed E-state index contributed by atoms with van der Waals surface area (Å²) in [7, 11) is -3.92. The molecule has 7 nitrogen and oxygen atoms in total. The molecule has 2 atom stereocenters. The summed E-state index contributed by atoms with van der Waals surface area (Å²) in [5.74, 6) is -1.66. The van der Waals surface area contributed by atoms with E-state index in [0.29, 0.717) is 0 Å². The van der Waals surface area contributed by atoms with Crippen LogP contribution < -0.4 is 10.0 Å². The number of carbonyl (C=O) groups is 2. The zero-order valence-electron chi connectivity index (χ0n) is 16.4. The number of benzene rings is 1. The van der Waals surface area contributed by atoms with Gasteiger partial charge in [0.15, 0.2) is 6.10 Å². The van der Waals surface area contributed by atoms with Gasteiger partial charge in [0.2, 0.25) is 10.0 Å². The van der Waals surface area contributed by atoms with Gasteiger partial charge in [0.05, 0.1) is 4.90 Å². The van der Waals surface area contributed by atoms with E-state index in [1.807, 2.05) is 13.8 Å². The lowest BCUT2D eigenvalue weighted by Gasteiger charge is -2.23. The summed E-state index contributed by atoms with van der Waals surface area (Å²) in [5, 5.41) is 2.52. The van der Waals surface area contributed by atoms with Crippen LogP contribution in [-0.2, 0) is 24.3 Å². The van der Waals surface area contributed by atoms with Gasteiger partial charge < -0.3 is 10.1 Å². The number of amides is 1. The van der Waals surface area contributed by atoms with E-state index in [9.17, 15) is 18.0 Å². The molecule has 0 saturated heterocycles. The fourth-order valence-electron chi connectivity index (χ4n) is 2.19. The second-order valence-electron chi connectivity index (χ2n) is 6.70. The van der Waals surface area contributed by atoms with Gasteiger partial charge in [-0.3, -0.25) is 9.59 Å². The molecule has 8 heteroatoms. The zero-order chi connectivity index (χ0) is 20.8. The number of ether oxygens (including phenoxy) is 1. The number of carbonyl (C=O) groups excluding carboxylic acids is 2. The Hall–Kier alpha value is -2.19. The normalized spacial score (nSPS) is 13.7. The van der Waals surface area contributed by atoms with Crippen molar-refractivity contribution in [3.8, 4) is 0 Å². The molecule has 2 N–H and O–H groups in total. The maximum absolute atomic E-state index is 12.7. The van der Waals surface area contributed by atoms with Crippen molar-refractivity contribution in [2.75, 3.05) is 6.54 Å². The highest BCUT2D eigenvalue weighted by molar-refractivity contribution is 7.89. The minimum Gasteiger partial charge on any atom is -0.451 e. The third-order valence-corrected chi connectivity index (χ3v) is 5.51. The summed E-state index contributed by atoms with van der Waals surface area (Å²) >= 11 is 0. The van der Waals surface area contributed by atoms with Crippen LogP contribution in [0.4, 0.5) is 0 Å². The Labute approximate surface area is 161 Å². The maximum Gasteiger partial charge on any atom is 0.325 e. The van der Waals surface area contributed by atoms with Crippen LogP contribution in [0.3, 0.4) is 0 Å². The number of hydrogen-bond donors (Lipinski definition) is 2. The molecule has 0 aliphatic carbocycles. The number of rotatable bonds is 9. The van der Waals surface area contributed by atoms with Crippen LogP contribution in [0.15, 0.2) is 35.7 Å². The van der Waals surface area contributed by atoms with Gasteiger partial charge in [0.1, 0.15) is 6.04 Å². The minimum absolute atomic E-state index is 0.0702. The molecule has 0 aliphatic heterocycles. The lowest BCUT2D eigenvalue weighted by atomic mass is 10.1. The van der Waals surface area contributed by atoms with Crippen molar-refractivity contribution in [3.63, 3.8) is 0 Å². The highest BCUT2D eigenvalue weighted by Gasteiger charge is 2.31. The second kappa shape index (κ2) is 9.66. The Morgan fingerprint density at radius 3 is 2.33 bits per heavy atom. The van der Waals surface area contributed by atoms with Crippen LogP contribution >= 0.6 is 0 Å². The summed E-state index contributed by atoms with van der Waals surface area (Å²) in [6.45, 7) is 12.2. The molecule has 0 aromatic heterocycles. The van der Waals surface area contributed by atoms with Gasteiger partial charge in [-0.1, -0.05) is 26.0 Å². The van der Waals surface area contributed by atoms with Crippen LogP contribution in [0.2, 0.25) is 0 Å². The molecule has 0 radical (unpaired) electrons. The average molecular weight is 397 g/mol. The van der Waals surface area contributed by atoms with Crippen molar-refractivity contribution < 1.29 is 22.7 Å². The van der Waals surface area contributed by atoms with Crippen LogP contribution in [-0.4, -0.2) is 39.0 Å². The van der Waals surface area contributed by atoms with E-state index in [2.05, 4.69) is 16.6 Å². The van der Waals surface area contributed by atoms with Crippen LogP contribution in [0, 0.1) is 19.8 Å². The molecule has 1 aromatic rings. The predicted molar refractivity (Wildman–Crippen MR) is 104 cm³/mol. The van der Waals surface area contributed by atoms with E-state index in [4.69, 9.17) is 4.74 Å². The summed E-state index contributed by atoms with van der Waals surface area (Å²) in [6, 6.07) is 3.62. The fraction of sp³-hybridized carbons (Fsp3) is 0.474. The van der Waals surface area contributed by atoms with Crippen LogP contribution in [0.25, 0.3) is 0 Å². The molecule has 0 spiro atoms. The monoisotopic (exact) mass is 396 g/mol. The van der Waals surface area contributed by atoms with Crippen molar-refractivity contribution in [1.82, 2.24) is 10.0 Å². The standard InChI is InChI=1S/C19H28N2O5S/c1-7-10-20-18(22)15(6)26-19(23)17(12(2)3)21-27(24,25)16-9-8-13(4)14(5)11-16/h7-9,11-12,15,17,21H,1,10H2,2-6H3,(H,20,22)/t15-,17-/m1/s1. The topological polar surface area (TPSA) is 102 Å². The smallest absolute Gasteiger partial charge is 0.325 e. The molecule has 1 rings (SSSR count). The van der Waals surface area contributed by atoms with E-state index in [1.54, 1.807) is 26.0 Å². The first kappa shape index (κ1) is 22.9. The molecule has 0 aliphatic rings. The first-order chi connectivity index (χ1) is 12.5. The third kappa shape index (κ3) is 6.48. The lowest BCUT2D eigenvalue weighted by molar-refractivity contribution is -0.157. The summed E-state index contributed by atoms with van der Waals surface area (Å²) < 4.78 is 32.9. The number of nitrogens with one attached hydrogen (secondary N) is 2. The van der Waals surface area contributed by atoms with Gasteiger partial charge in [-0.2, -0.15) is 4.72 Å². The molecular weight excluding hydrogens is 368 g/mol. The summed E-state index contributed by atoms with van der Waals surface area (Å²) in [4.78, 5) is 24.4. The first-order valence-electron chi connectivity index (χ1n) is 8.68. The van der Waals surface area contributed by atoms with Crippen LogP contribution in [0.5, 0.6) is 0 Å². The number of esters is 1. The van der Waals surface area contributed by atoms with Gasteiger partial charge in [-0.05, 0) is 49.9 Å². The quantitative estimate of drug-likeness (QED) is 0.490. The maximum atomic E-state index is 12.7. The lowest BCUT2D eigenvalue weighted by Crippen LogP contribution is -2.47. The zero-order valence-corrected chi connectivity index (χ0v) is 17.2. The Morgan fingerprint density at radius 2 is 1.81 bits per heavy atom. The largest absolute Gasteiger partial charge is 0.451 e. The summed E-state index contributed by atoms with van der Waals surface area (Å²) in [5.41, 5.74) is 1.79. The highest BCUT2D eigenvalue weighted by Crippen LogP contribution is 2.17. The molecule has 0 unspecified atom stereocenters. The Kier molecular flexibility index (Phi) is 8.18. The highest BCUT2D eigenvalue weighted by atomic mass is 32.2. The van der Waals surface area contributed by atoms with Crippen molar-refractivity contribution in [2.45, 2.75) is 51.7 Å². The van der Waals surface area contributed by atoms with Gasteiger partial charge in [0, 0.05) is 6.54 Å². The molecule has 0 heterocycles. The number of aryl methyl sites for hydroxylation is 2. The van der Waals surface area contributed by atoms with E-state index >= 15 is 0 Å². The van der Waals surface area contributed by atoms with E-state index in [0.717, 1.165) is 11.1 Å². The van der Waals surface area contributed by atoms with Crippen molar-refractivity contribution in [2.24, 2.45) is 5.92 Å². The minimum atomic E-state index is -3.92. The van der Waals surface area contributed by atoms with Gasteiger partial charge in [-0.25, -0.2) is 8.42 Å². The Balaban J connectivity index is 2.94. The molecule has 1 amide bonds. The molecule has 0 fully saturated rings. The van der Waals surface area contributed by atoms with Gasteiger partial charge >= 0.3 is 5.97 Å². The predicted octanol–water partition coefficient (Wildman–Crippen LogP) is 1.84. The molecule has 0 bridgehead atoms. The molecule has 150 valence electrons. The summed E-state index contributed by atoms with van der Waals surface area (Å²) in [6.07, 6.45) is 0.450. The molecule has 27 heavy (non-hydrogen) atoms. The molecule has 0 saturated carbocycles. The first-order valence-corrected chi connectivity index (χ1v) is 10.2. The number of hydrogen-bond acceptors (Lipinski definition) is 5. The fourth-order valence-corrected chi connectivity index (χ4v) is 3.61. The van der Waals surface area contributed by atoms with E-state index in [1.165, 1.54) is 19.1 Å². The van der Waals surface area contributed by atoms with Crippen molar-refractivity contribution in [3.05, 3.63) is 42.0 Å². The average Bonchev–Trinajstić information content (AvgIpc) is 2.59. The van der Waals surface area contributed by atoms with E-state index in [-0.39, 0.29) is 17.4 Å². The Bertz CT molecular complexity index is 802. The Morgan fingerprint density at radius 1 is 1.19 bits per heavy atom. The van der Waals surface area contributed by atoms with Gasteiger partial charge in [-0.15, -0.1) is 6.58 Å². The van der Waals surface area contributed by atoms with Crippen molar-refractivity contribution >= 4 is 21.9 Å². The second-order valence-corrected chi connectivity index (χ2v) is 8.42. The van der Waals surface area contributed by atoms with Crippen molar-refractivity contribution in [1.29, 1.82) is 0 Å². The number of sulfonamides is 1. The SMILES string of the molecule is C=CCNC(=O)[C@@H](C)OC(=O)[C@H](NS(=O)(=O)c1ccc(C)c(C)c1)C(C)C. The van der Waals surface area contributed by atoms with Gasteiger partial charge in [0.25, 0.3) is 5.91 Å². The third-order valence-electron chi connectivity index (χ3n) is 4.07.